The van der Waals surface area contributed by atoms with Crippen molar-refractivity contribution in [1.29, 1.82) is 0 Å². The molecular formula is C17H25NO. The van der Waals surface area contributed by atoms with Gasteiger partial charge in [-0.2, -0.15) is 0 Å². The number of hydrogen-bond acceptors (Lipinski definition) is 2. The molecule has 0 unspecified atom stereocenters. The van der Waals surface area contributed by atoms with Gasteiger partial charge < -0.3 is 9.73 Å². The van der Waals surface area contributed by atoms with Crippen LogP contribution in [0.15, 0.2) is 22.6 Å². The first-order valence-electron chi connectivity index (χ1n) is 7.05. The summed E-state index contributed by atoms with van der Waals surface area (Å²) in [6.45, 7) is 12.0. The predicted octanol–water partition coefficient (Wildman–Crippen LogP) is 4.57. The molecule has 0 saturated heterocycles. The lowest BCUT2D eigenvalue weighted by atomic mass is 9.84. The summed E-state index contributed by atoms with van der Waals surface area (Å²) in [5.74, 6) is 1.60. The van der Waals surface area contributed by atoms with E-state index in [1.165, 1.54) is 16.5 Å². The monoisotopic (exact) mass is 259 g/mol. The first-order valence-corrected chi connectivity index (χ1v) is 7.05. The molecule has 2 heteroatoms. The molecule has 1 aromatic carbocycles. The van der Waals surface area contributed by atoms with Gasteiger partial charge in [-0.15, -0.1) is 0 Å². The highest BCUT2D eigenvalue weighted by molar-refractivity contribution is 5.84. The van der Waals surface area contributed by atoms with Crippen molar-refractivity contribution in [1.82, 2.24) is 5.32 Å². The lowest BCUT2D eigenvalue weighted by Gasteiger charge is -2.19. The fourth-order valence-electron chi connectivity index (χ4n) is 2.63. The SMILES string of the molecule is CNCc1oc2ccc(C(C)C)cc2c1C(C)(C)C. The Labute approximate surface area is 116 Å². The summed E-state index contributed by atoms with van der Waals surface area (Å²) in [7, 11) is 1.96. The molecule has 0 aliphatic heterocycles. The van der Waals surface area contributed by atoms with E-state index in [2.05, 4.69) is 58.1 Å². The van der Waals surface area contributed by atoms with Crippen LogP contribution < -0.4 is 5.32 Å². The van der Waals surface area contributed by atoms with E-state index >= 15 is 0 Å². The maximum atomic E-state index is 6.04. The molecule has 0 radical (unpaired) electrons. The van der Waals surface area contributed by atoms with Crippen LogP contribution in [0.4, 0.5) is 0 Å². The molecule has 2 aromatic rings. The van der Waals surface area contributed by atoms with Crippen molar-refractivity contribution in [2.45, 2.75) is 52.5 Å². The minimum atomic E-state index is 0.0903. The highest BCUT2D eigenvalue weighted by Gasteiger charge is 2.25. The van der Waals surface area contributed by atoms with Crippen molar-refractivity contribution >= 4 is 11.0 Å². The van der Waals surface area contributed by atoms with Gasteiger partial charge in [-0.3, -0.25) is 0 Å². The van der Waals surface area contributed by atoms with E-state index in [0.717, 1.165) is 17.9 Å². The van der Waals surface area contributed by atoms with Crippen LogP contribution in [0.1, 0.15) is 57.4 Å². The normalized spacial score (nSPS) is 12.6. The molecule has 0 atom stereocenters. The van der Waals surface area contributed by atoms with Gasteiger partial charge in [-0.05, 0) is 36.1 Å². The van der Waals surface area contributed by atoms with Gasteiger partial charge in [-0.1, -0.05) is 40.7 Å². The van der Waals surface area contributed by atoms with Gasteiger partial charge in [0, 0.05) is 10.9 Å². The standard InChI is InChI=1S/C17H25NO/c1-11(2)12-7-8-14-13(9-12)16(17(3,4)5)15(19-14)10-18-6/h7-9,11,18H,10H2,1-6H3. The van der Waals surface area contributed by atoms with E-state index in [-0.39, 0.29) is 5.41 Å². The third-order valence-electron chi connectivity index (χ3n) is 3.54. The zero-order valence-corrected chi connectivity index (χ0v) is 12.9. The van der Waals surface area contributed by atoms with Crippen molar-refractivity contribution in [3.8, 4) is 0 Å². The summed E-state index contributed by atoms with van der Waals surface area (Å²) in [4.78, 5) is 0. The first-order chi connectivity index (χ1) is 8.84. The van der Waals surface area contributed by atoms with E-state index in [0.29, 0.717) is 5.92 Å². The predicted molar refractivity (Wildman–Crippen MR) is 81.8 cm³/mol. The largest absolute Gasteiger partial charge is 0.459 e. The van der Waals surface area contributed by atoms with Crippen molar-refractivity contribution in [2.24, 2.45) is 0 Å². The molecule has 1 heterocycles. The number of furan rings is 1. The van der Waals surface area contributed by atoms with Crippen molar-refractivity contribution in [3.05, 3.63) is 35.1 Å². The molecule has 2 nitrogen and oxygen atoms in total. The molecule has 1 aromatic heterocycles. The van der Waals surface area contributed by atoms with E-state index < -0.39 is 0 Å². The minimum absolute atomic E-state index is 0.0903. The third kappa shape index (κ3) is 2.69. The molecule has 0 aliphatic carbocycles. The molecule has 0 spiro atoms. The number of fused-ring (bicyclic) bond motifs is 1. The highest BCUT2D eigenvalue weighted by atomic mass is 16.3. The Kier molecular flexibility index (Phi) is 3.73. The topological polar surface area (TPSA) is 25.2 Å². The van der Waals surface area contributed by atoms with E-state index in [1.54, 1.807) is 0 Å². The molecule has 0 fully saturated rings. The molecule has 0 aliphatic rings. The Morgan fingerprint density at radius 3 is 2.42 bits per heavy atom. The lowest BCUT2D eigenvalue weighted by molar-refractivity contribution is 0.495. The summed E-state index contributed by atoms with van der Waals surface area (Å²) in [5, 5.41) is 4.47. The van der Waals surface area contributed by atoms with E-state index in [1.807, 2.05) is 7.05 Å². The molecular weight excluding hydrogens is 234 g/mol. The average molecular weight is 259 g/mol. The zero-order chi connectivity index (χ0) is 14.2. The quantitative estimate of drug-likeness (QED) is 0.873. The summed E-state index contributed by atoms with van der Waals surface area (Å²) in [6, 6.07) is 6.58. The van der Waals surface area contributed by atoms with Gasteiger partial charge in [0.05, 0.1) is 6.54 Å². The van der Waals surface area contributed by atoms with E-state index in [4.69, 9.17) is 4.42 Å². The van der Waals surface area contributed by atoms with Crippen LogP contribution in [-0.2, 0) is 12.0 Å². The van der Waals surface area contributed by atoms with Gasteiger partial charge in [0.15, 0.2) is 0 Å². The van der Waals surface area contributed by atoms with Crippen LogP contribution in [0, 0.1) is 0 Å². The van der Waals surface area contributed by atoms with Crippen molar-refractivity contribution in [2.75, 3.05) is 7.05 Å². The molecule has 0 bridgehead atoms. The molecule has 1 N–H and O–H groups in total. The maximum absolute atomic E-state index is 6.04. The van der Waals surface area contributed by atoms with Gasteiger partial charge >= 0.3 is 0 Å². The summed E-state index contributed by atoms with van der Waals surface area (Å²) in [5.41, 5.74) is 3.79. The Hall–Kier alpha value is -1.28. The second kappa shape index (κ2) is 5.01. The van der Waals surface area contributed by atoms with Gasteiger partial charge in [0.1, 0.15) is 11.3 Å². The number of rotatable bonds is 3. The molecule has 104 valence electrons. The van der Waals surface area contributed by atoms with Crippen LogP contribution in [0.3, 0.4) is 0 Å². The Morgan fingerprint density at radius 2 is 1.89 bits per heavy atom. The smallest absolute Gasteiger partial charge is 0.134 e. The van der Waals surface area contributed by atoms with Crippen LogP contribution in [-0.4, -0.2) is 7.05 Å². The van der Waals surface area contributed by atoms with E-state index in [9.17, 15) is 0 Å². The molecule has 19 heavy (non-hydrogen) atoms. The highest BCUT2D eigenvalue weighted by Crippen LogP contribution is 2.36. The molecule has 2 rings (SSSR count). The Morgan fingerprint density at radius 1 is 1.21 bits per heavy atom. The first kappa shape index (κ1) is 14.1. The fourth-order valence-corrected chi connectivity index (χ4v) is 2.63. The lowest BCUT2D eigenvalue weighted by Crippen LogP contribution is -2.16. The van der Waals surface area contributed by atoms with Crippen LogP contribution in [0.2, 0.25) is 0 Å². The fraction of sp³-hybridized carbons (Fsp3) is 0.529. The zero-order valence-electron chi connectivity index (χ0n) is 12.9. The Bertz CT molecular complexity index is 573. The van der Waals surface area contributed by atoms with Crippen LogP contribution in [0.25, 0.3) is 11.0 Å². The van der Waals surface area contributed by atoms with Crippen molar-refractivity contribution < 1.29 is 4.42 Å². The third-order valence-corrected chi connectivity index (χ3v) is 3.54. The van der Waals surface area contributed by atoms with Gasteiger partial charge in [0.25, 0.3) is 0 Å². The van der Waals surface area contributed by atoms with Gasteiger partial charge in [-0.25, -0.2) is 0 Å². The van der Waals surface area contributed by atoms with Crippen molar-refractivity contribution in [3.63, 3.8) is 0 Å². The number of hydrogen-bond donors (Lipinski definition) is 1. The molecule has 0 saturated carbocycles. The van der Waals surface area contributed by atoms with Crippen LogP contribution in [0.5, 0.6) is 0 Å². The molecule has 0 amide bonds. The Balaban J connectivity index is 2.70. The number of benzene rings is 1. The second-order valence-corrected chi connectivity index (χ2v) is 6.59. The van der Waals surface area contributed by atoms with Crippen LogP contribution >= 0.6 is 0 Å². The average Bonchev–Trinajstić information content (AvgIpc) is 2.65. The summed E-state index contributed by atoms with van der Waals surface area (Å²) >= 11 is 0. The maximum Gasteiger partial charge on any atom is 0.134 e. The minimum Gasteiger partial charge on any atom is -0.459 e. The number of nitrogens with one attached hydrogen (secondary N) is 1. The summed E-state index contributed by atoms with van der Waals surface area (Å²) in [6.07, 6.45) is 0. The van der Waals surface area contributed by atoms with Gasteiger partial charge in [0.2, 0.25) is 0 Å². The summed E-state index contributed by atoms with van der Waals surface area (Å²) < 4.78 is 6.04. The second-order valence-electron chi connectivity index (χ2n) is 6.59.